The highest BCUT2D eigenvalue weighted by molar-refractivity contribution is 7.51. The van der Waals surface area contributed by atoms with Gasteiger partial charge in [0.05, 0.1) is 26.4 Å². The van der Waals surface area contributed by atoms with E-state index in [1.54, 1.807) is 27.7 Å². The Kier molecular flexibility index (Phi) is 13.4. The summed E-state index contributed by atoms with van der Waals surface area (Å²) < 4.78 is 46.0. The van der Waals surface area contributed by atoms with Crippen LogP contribution < -0.4 is 15.5 Å². The quantitative estimate of drug-likeness (QED) is 0.216. The third-order valence-corrected chi connectivity index (χ3v) is 8.34. The van der Waals surface area contributed by atoms with Gasteiger partial charge in [0.25, 0.3) is 0 Å². The maximum atomic E-state index is 12.5. The zero-order valence-electron chi connectivity index (χ0n) is 21.1. The van der Waals surface area contributed by atoms with Gasteiger partial charge in [-0.25, -0.2) is 19.3 Å². The highest BCUT2D eigenvalue weighted by Crippen LogP contribution is 2.44. The summed E-state index contributed by atoms with van der Waals surface area (Å²) in [6.45, 7) is 10.7. The van der Waals surface area contributed by atoms with Gasteiger partial charge >= 0.3 is 15.5 Å². The molecule has 0 spiro atoms. The average molecular weight is 528 g/mol. The smallest absolute Gasteiger partial charge is 0.309 e. The van der Waals surface area contributed by atoms with Crippen LogP contribution in [-0.2, 0) is 53.4 Å². The van der Waals surface area contributed by atoms with E-state index in [1.807, 2.05) is 48.5 Å². The normalized spacial score (nSPS) is 12.2. The summed E-state index contributed by atoms with van der Waals surface area (Å²) in [6.07, 6.45) is 0. The van der Waals surface area contributed by atoms with Gasteiger partial charge in [-0.1, -0.05) is 48.5 Å². The van der Waals surface area contributed by atoms with E-state index in [1.165, 1.54) is 0 Å². The molecule has 196 valence electrons. The van der Waals surface area contributed by atoms with Crippen LogP contribution >= 0.6 is 15.5 Å². The van der Waals surface area contributed by atoms with Crippen LogP contribution in [0.5, 0.6) is 0 Å². The lowest BCUT2D eigenvalue weighted by molar-refractivity contribution is 0.209. The van der Waals surface area contributed by atoms with E-state index >= 15 is 0 Å². The lowest BCUT2D eigenvalue weighted by atomic mass is 10.1. The van der Waals surface area contributed by atoms with Crippen molar-refractivity contribution in [2.75, 3.05) is 26.4 Å². The van der Waals surface area contributed by atoms with Gasteiger partial charge in [0.2, 0.25) is 0 Å². The fourth-order valence-electron chi connectivity index (χ4n) is 3.21. The molecule has 0 radical (unpaired) electrons. The first-order chi connectivity index (χ1) is 16.8. The molecule has 0 aromatic heterocycles. The molecule has 3 N–H and O–H groups in total. The Hall–Kier alpha value is -1.38. The van der Waals surface area contributed by atoms with Gasteiger partial charge in [0, 0.05) is 26.2 Å². The van der Waals surface area contributed by atoms with Crippen LogP contribution in [0.3, 0.4) is 0 Å². The van der Waals surface area contributed by atoms with E-state index in [-0.39, 0.29) is 0 Å². The Labute approximate surface area is 209 Å². The molecule has 0 aliphatic carbocycles. The van der Waals surface area contributed by atoms with Gasteiger partial charge in [-0.15, -0.1) is 0 Å². The molecule has 0 fully saturated rings. The van der Waals surface area contributed by atoms with Crippen molar-refractivity contribution < 1.29 is 27.2 Å². The third-order valence-electron chi connectivity index (χ3n) is 4.85. The molecule has 9 nitrogen and oxygen atoms in total. The fraction of sp³-hybridized carbons (Fsp3) is 0.500. The highest BCUT2D eigenvalue weighted by atomic mass is 31.2. The van der Waals surface area contributed by atoms with Crippen molar-refractivity contribution in [1.29, 1.82) is 0 Å². The van der Waals surface area contributed by atoms with E-state index in [2.05, 4.69) is 15.5 Å². The molecule has 0 bridgehead atoms. The molecular weight excluding hydrogens is 488 g/mol. The molecule has 35 heavy (non-hydrogen) atoms. The second kappa shape index (κ2) is 15.7. The minimum absolute atomic E-state index is 0.318. The first-order valence-electron chi connectivity index (χ1n) is 12.0. The number of hydrogen-bond acceptors (Lipinski definition) is 7. The van der Waals surface area contributed by atoms with Gasteiger partial charge in [-0.05, 0) is 49.9 Å². The molecule has 0 heterocycles. The van der Waals surface area contributed by atoms with Gasteiger partial charge in [0.1, 0.15) is 0 Å². The monoisotopic (exact) mass is 527 g/mol. The maximum absolute atomic E-state index is 12.5. The lowest BCUT2D eigenvalue weighted by Crippen LogP contribution is -2.15. The summed E-state index contributed by atoms with van der Waals surface area (Å²) in [6, 6.07) is 16.2. The van der Waals surface area contributed by atoms with Crippen molar-refractivity contribution in [3.8, 4) is 0 Å². The minimum Gasteiger partial charge on any atom is -0.309 e. The molecule has 2 aromatic carbocycles. The van der Waals surface area contributed by atoms with E-state index in [0.29, 0.717) is 39.5 Å². The first kappa shape index (κ1) is 29.8. The van der Waals surface area contributed by atoms with Crippen LogP contribution in [0.2, 0.25) is 0 Å². The molecule has 11 heteroatoms. The second-order valence-electron chi connectivity index (χ2n) is 7.57. The summed E-state index contributed by atoms with van der Waals surface area (Å²) in [5.74, 6) is 0. The van der Waals surface area contributed by atoms with Gasteiger partial charge in [-0.3, -0.25) is 18.1 Å². The molecule has 0 saturated heterocycles. The molecule has 0 aliphatic rings. The van der Waals surface area contributed by atoms with Crippen LogP contribution in [0.1, 0.15) is 49.9 Å². The fourth-order valence-corrected chi connectivity index (χ4v) is 5.84. The number of nitrogens with one attached hydrogen (secondary N) is 3. The first-order valence-corrected chi connectivity index (χ1v) is 15.1. The number of hydrogen-bond donors (Lipinski definition) is 3. The summed E-state index contributed by atoms with van der Waals surface area (Å²) in [5.41, 5.74) is 4.29. The van der Waals surface area contributed by atoms with Crippen molar-refractivity contribution in [3.63, 3.8) is 0 Å². The summed E-state index contributed by atoms with van der Waals surface area (Å²) >= 11 is 0. The van der Waals surface area contributed by atoms with Crippen LogP contribution in [0.25, 0.3) is 0 Å². The van der Waals surface area contributed by atoms with Crippen LogP contribution in [-0.4, -0.2) is 26.4 Å². The molecule has 0 atom stereocenters. The van der Waals surface area contributed by atoms with Crippen LogP contribution in [0.4, 0.5) is 0 Å². The Bertz CT molecular complexity index is 859. The van der Waals surface area contributed by atoms with Gasteiger partial charge in [-0.2, -0.15) is 0 Å². The Morgan fingerprint density at radius 3 is 1.03 bits per heavy atom. The highest BCUT2D eigenvalue weighted by Gasteiger charge is 2.23. The van der Waals surface area contributed by atoms with Crippen LogP contribution in [0, 0.1) is 0 Å². The number of benzene rings is 2. The minimum atomic E-state index is -3.26. The molecule has 2 rings (SSSR count). The summed E-state index contributed by atoms with van der Waals surface area (Å²) in [5, 5.41) is 9.22. The molecule has 0 unspecified atom stereocenters. The standard InChI is InChI=1S/C24H39N3O6P2/c1-5-30-34(28,31-6-2)26-19-23-13-9-21(10-14-23)17-25-18-22-11-15-24(16-12-22)20-27-35(29,32-7-3)33-8-4/h9-16,25H,5-8,17-20H2,1-4H3,(H,26,28)(H,27,29). The predicted octanol–water partition coefficient (Wildman–Crippen LogP) is 5.52. The third kappa shape index (κ3) is 11.0. The van der Waals surface area contributed by atoms with Gasteiger partial charge < -0.3 is 5.32 Å². The van der Waals surface area contributed by atoms with E-state index in [0.717, 1.165) is 35.3 Å². The zero-order chi connectivity index (χ0) is 25.6. The summed E-state index contributed by atoms with van der Waals surface area (Å²) in [7, 11) is -6.53. The molecule has 2 aromatic rings. The molecule has 0 aliphatic heterocycles. The van der Waals surface area contributed by atoms with Crippen molar-refractivity contribution in [1.82, 2.24) is 15.5 Å². The molecular formula is C24H39N3O6P2. The summed E-state index contributed by atoms with van der Waals surface area (Å²) in [4.78, 5) is 0. The molecule has 0 amide bonds. The van der Waals surface area contributed by atoms with Crippen LogP contribution in [0.15, 0.2) is 48.5 Å². The van der Waals surface area contributed by atoms with Crippen molar-refractivity contribution >= 4 is 15.5 Å². The van der Waals surface area contributed by atoms with E-state index in [9.17, 15) is 9.13 Å². The van der Waals surface area contributed by atoms with Crippen molar-refractivity contribution in [2.45, 2.75) is 53.9 Å². The number of rotatable bonds is 18. The average Bonchev–Trinajstić information content (AvgIpc) is 2.84. The van der Waals surface area contributed by atoms with Crippen molar-refractivity contribution in [3.05, 3.63) is 70.8 Å². The largest absolute Gasteiger partial charge is 0.405 e. The Morgan fingerprint density at radius 2 is 0.771 bits per heavy atom. The topological polar surface area (TPSA) is 107 Å². The predicted molar refractivity (Wildman–Crippen MR) is 139 cm³/mol. The molecule has 0 saturated carbocycles. The van der Waals surface area contributed by atoms with E-state index in [4.69, 9.17) is 18.1 Å². The van der Waals surface area contributed by atoms with E-state index < -0.39 is 15.5 Å². The Balaban J connectivity index is 1.77. The maximum Gasteiger partial charge on any atom is 0.405 e. The van der Waals surface area contributed by atoms with Crippen molar-refractivity contribution in [2.24, 2.45) is 0 Å². The van der Waals surface area contributed by atoms with Gasteiger partial charge in [0.15, 0.2) is 0 Å². The lowest BCUT2D eigenvalue weighted by Gasteiger charge is -2.18. The SMILES string of the molecule is CCOP(=O)(NCc1ccc(CNCc2ccc(CNP(=O)(OCC)OCC)cc2)cc1)OCC. The Morgan fingerprint density at radius 1 is 0.514 bits per heavy atom. The second-order valence-corrected chi connectivity index (χ2v) is 11.2. The zero-order valence-corrected chi connectivity index (χ0v) is 22.9.